The smallest absolute Gasteiger partial charge is 0.105 e. The monoisotopic (exact) mass is 101 g/mol. The lowest BCUT2D eigenvalue weighted by molar-refractivity contribution is 0.535. The lowest BCUT2D eigenvalue weighted by atomic mass is 10.6. The van der Waals surface area contributed by atoms with Gasteiger partial charge in [-0.2, -0.15) is 0 Å². The van der Waals surface area contributed by atoms with Crippen LogP contribution in [0.3, 0.4) is 0 Å². The number of nitrogens with two attached hydrogens (primary N) is 1. The van der Waals surface area contributed by atoms with Crippen molar-refractivity contribution in [2.24, 2.45) is 11.0 Å². The van der Waals surface area contributed by atoms with Gasteiger partial charge < -0.3 is 5.73 Å². The summed E-state index contributed by atoms with van der Waals surface area (Å²) < 4.78 is 0. The van der Waals surface area contributed by atoms with Crippen molar-refractivity contribution in [3.63, 3.8) is 0 Å². The minimum absolute atomic E-state index is 0.429. The molecule has 1 aliphatic carbocycles. The molecule has 1 rings (SSSR count). The van der Waals surface area contributed by atoms with E-state index in [4.69, 9.17) is 5.73 Å². The van der Waals surface area contributed by atoms with Crippen molar-refractivity contribution in [3.05, 3.63) is 4.91 Å². The van der Waals surface area contributed by atoms with Gasteiger partial charge in [0.15, 0.2) is 0 Å². The second kappa shape index (κ2) is 1.16. The van der Waals surface area contributed by atoms with Gasteiger partial charge in [0.25, 0.3) is 0 Å². The van der Waals surface area contributed by atoms with E-state index in [-0.39, 0.29) is 0 Å². The molecule has 0 bridgehead atoms. The van der Waals surface area contributed by atoms with Gasteiger partial charge in [0, 0.05) is 0 Å². The molecule has 0 radical (unpaired) electrons. The molecule has 0 spiro atoms. The maximum Gasteiger partial charge on any atom is 0.105 e. The molecule has 0 aliphatic heterocycles. The summed E-state index contributed by atoms with van der Waals surface area (Å²) in [5, 5.41) is 2.44. The van der Waals surface area contributed by atoms with Gasteiger partial charge in [-0.15, -0.1) is 4.91 Å². The summed E-state index contributed by atoms with van der Waals surface area (Å²) in [4.78, 5) is 9.42. The van der Waals surface area contributed by atoms with E-state index in [1.54, 1.807) is 0 Å². The first-order valence-corrected chi connectivity index (χ1v) is 2.15. The molecule has 0 amide bonds. The molecule has 0 heterocycles. The van der Waals surface area contributed by atoms with E-state index in [0.29, 0.717) is 0 Å². The van der Waals surface area contributed by atoms with Gasteiger partial charge in [-0.3, -0.25) is 5.43 Å². The number of nitrogens with one attached hydrogen (secondary N) is 1. The zero-order chi connectivity index (χ0) is 5.33. The van der Waals surface area contributed by atoms with E-state index in [1.807, 2.05) is 0 Å². The van der Waals surface area contributed by atoms with Gasteiger partial charge in [-0.05, 0) is 12.8 Å². The van der Waals surface area contributed by atoms with Crippen molar-refractivity contribution in [2.75, 3.05) is 0 Å². The zero-order valence-corrected chi connectivity index (χ0v) is 3.85. The van der Waals surface area contributed by atoms with Crippen LogP contribution in [0.1, 0.15) is 12.8 Å². The summed E-state index contributed by atoms with van der Waals surface area (Å²) in [6.07, 6.45) is 1.72. The highest BCUT2D eigenvalue weighted by molar-refractivity contribution is 4.94. The Labute approximate surface area is 41.0 Å². The van der Waals surface area contributed by atoms with E-state index in [0.717, 1.165) is 12.8 Å². The van der Waals surface area contributed by atoms with Crippen LogP contribution in [-0.2, 0) is 0 Å². The van der Waals surface area contributed by atoms with Gasteiger partial charge in [-0.1, -0.05) is 0 Å². The standard InChI is InChI=1S/C3H7N3O/c4-3(1-2-3)5-6-7/h1-2,4H2,(H,5,7). The van der Waals surface area contributed by atoms with Crippen molar-refractivity contribution in [3.8, 4) is 0 Å². The normalized spacial score (nSPS) is 23.6. The predicted octanol–water partition coefficient (Wildman–Crippen LogP) is -0.294. The topological polar surface area (TPSA) is 67.5 Å². The summed E-state index contributed by atoms with van der Waals surface area (Å²) in [5.41, 5.74) is 7.17. The molecule has 0 unspecified atom stereocenters. The zero-order valence-electron chi connectivity index (χ0n) is 3.85. The fourth-order valence-electron chi connectivity index (χ4n) is 0.337. The third-order valence-corrected chi connectivity index (χ3v) is 1.06. The molecular formula is C3H7N3O. The van der Waals surface area contributed by atoms with Crippen molar-refractivity contribution in [2.45, 2.75) is 18.5 Å². The Morgan fingerprint density at radius 3 is 2.43 bits per heavy atom. The van der Waals surface area contributed by atoms with E-state index in [9.17, 15) is 4.91 Å². The molecule has 0 atom stereocenters. The predicted molar refractivity (Wildman–Crippen MR) is 25.1 cm³/mol. The quantitative estimate of drug-likeness (QED) is 0.285. The van der Waals surface area contributed by atoms with Gasteiger partial charge >= 0.3 is 0 Å². The lowest BCUT2D eigenvalue weighted by Gasteiger charge is -2.00. The second-order valence-electron chi connectivity index (χ2n) is 1.86. The van der Waals surface area contributed by atoms with E-state index < -0.39 is 5.66 Å². The molecule has 1 saturated carbocycles. The second-order valence-corrected chi connectivity index (χ2v) is 1.86. The van der Waals surface area contributed by atoms with Gasteiger partial charge in [0.05, 0.1) is 5.29 Å². The minimum Gasteiger partial charge on any atom is -0.308 e. The Balaban J connectivity index is 2.25. The number of hydrogen-bond donors (Lipinski definition) is 2. The number of hydrogen-bond acceptors (Lipinski definition) is 3. The van der Waals surface area contributed by atoms with E-state index in [2.05, 4.69) is 10.7 Å². The van der Waals surface area contributed by atoms with Gasteiger partial charge in [0.2, 0.25) is 0 Å². The number of nitroso groups, excluding NO2 is 1. The molecule has 1 aliphatic rings. The number of rotatable bonds is 2. The minimum atomic E-state index is -0.429. The van der Waals surface area contributed by atoms with E-state index >= 15 is 0 Å². The maximum absolute atomic E-state index is 9.42. The van der Waals surface area contributed by atoms with Crippen LogP contribution in [0.2, 0.25) is 0 Å². The van der Waals surface area contributed by atoms with Crippen LogP contribution in [-0.4, -0.2) is 5.66 Å². The van der Waals surface area contributed by atoms with Crippen molar-refractivity contribution < 1.29 is 0 Å². The molecule has 3 N–H and O–H groups in total. The highest BCUT2D eigenvalue weighted by Crippen LogP contribution is 2.28. The Hall–Kier alpha value is -0.640. The SMILES string of the molecule is NC1(NN=O)CC1. The summed E-state index contributed by atoms with van der Waals surface area (Å²) in [6, 6.07) is 0. The lowest BCUT2D eigenvalue weighted by Crippen LogP contribution is -2.35. The molecule has 7 heavy (non-hydrogen) atoms. The van der Waals surface area contributed by atoms with E-state index in [1.165, 1.54) is 0 Å². The van der Waals surface area contributed by atoms with Crippen molar-refractivity contribution in [1.29, 1.82) is 0 Å². The molecule has 40 valence electrons. The van der Waals surface area contributed by atoms with Crippen LogP contribution >= 0.6 is 0 Å². The molecule has 4 nitrogen and oxygen atoms in total. The molecule has 0 aromatic rings. The highest BCUT2D eigenvalue weighted by atomic mass is 16.3. The Kier molecular flexibility index (Phi) is 0.751. The molecule has 0 aromatic heterocycles. The Bertz CT molecular complexity index is 88.2. The van der Waals surface area contributed by atoms with Crippen LogP contribution in [0.4, 0.5) is 0 Å². The van der Waals surface area contributed by atoms with Gasteiger partial charge in [0.1, 0.15) is 5.66 Å². The molecular weight excluding hydrogens is 94.1 g/mol. The average molecular weight is 101 g/mol. The van der Waals surface area contributed by atoms with Crippen LogP contribution in [0.5, 0.6) is 0 Å². The van der Waals surface area contributed by atoms with Crippen LogP contribution in [0.25, 0.3) is 0 Å². The molecule has 4 heteroatoms. The summed E-state index contributed by atoms with van der Waals surface area (Å²) >= 11 is 0. The highest BCUT2D eigenvalue weighted by Gasteiger charge is 2.38. The Morgan fingerprint density at radius 1 is 1.71 bits per heavy atom. The Morgan fingerprint density at radius 2 is 2.29 bits per heavy atom. The summed E-state index contributed by atoms with van der Waals surface area (Å²) in [6.45, 7) is 0. The van der Waals surface area contributed by atoms with Crippen LogP contribution in [0.15, 0.2) is 5.29 Å². The third kappa shape index (κ3) is 0.866. The van der Waals surface area contributed by atoms with Crippen LogP contribution in [0, 0.1) is 4.91 Å². The first kappa shape index (κ1) is 4.52. The molecule has 1 fully saturated rings. The molecule has 0 saturated heterocycles. The van der Waals surface area contributed by atoms with Crippen molar-refractivity contribution in [1.82, 2.24) is 5.43 Å². The first-order valence-electron chi connectivity index (χ1n) is 2.15. The average Bonchev–Trinajstić information content (AvgIpc) is 2.22. The summed E-state index contributed by atoms with van der Waals surface area (Å²) in [7, 11) is 0. The first-order chi connectivity index (χ1) is 3.27. The molecule has 0 aromatic carbocycles. The fourth-order valence-corrected chi connectivity index (χ4v) is 0.337. The van der Waals surface area contributed by atoms with Crippen LogP contribution < -0.4 is 11.2 Å². The summed E-state index contributed by atoms with van der Waals surface area (Å²) in [5.74, 6) is 0. The van der Waals surface area contributed by atoms with Gasteiger partial charge in [-0.25, -0.2) is 0 Å². The third-order valence-electron chi connectivity index (χ3n) is 1.06. The maximum atomic E-state index is 9.42. The number of nitrogens with zero attached hydrogens (tertiary/aromatic N) is 1. The van der Waals surface area contributed by atoms with Crippen molar-refractivity contribution >= 4 is 0 Å². The largest absolute Gasteiger partial charge is 0.308 e. The fraction of sp³-hybridized carbons (Fsp3) is 1.00.